The molecule has 0 fully saturated rings. The Morgan fingerprint density at radius 3 is 2.42 bits per heavy atom. The van der Waals surface area contributed by atoms with Gasteiger partial charge in [0, 0.05) is 19.5 Å². The summed E-state index contributed by atoms with van der Waals surface area (Å²) in [6, 6.07) is 2.84. The Kier molecular flexibility index (Phi) is 6.01. The molecule has 0 unspecified atom stereocenters. The second-order valence-corrected chi connectivity index (χ2v) is 4.91. The van der Waals surface area contributed by atoms with E-state index < -0.39 is 5.97 Å². The number of rotatable bonds is 7. The predicted molar refractivity (Wildman–Crippen MR) is 71.5 cm³/mol. The highest BCUT2D eigenvalue weighted by Crippen LogP contribution is 2.15. The summed E-state index contributed by atoms with van der Waals surface area (Å²) in [6.07, 6.45) is 1.08. The fourth-order valence-electron chi connectivity index (χ4n) is 1.30. The highest BCUT2D eigenvalue weighted by atomic mass is 32.1. The van der Waals surface area contributed by atoms with Gasteiger partial charge in [0.1, 0.15) is 4.88 Å². The van der Waals surface area contributed by atoms with Crippen LogP contribution in [0, 0.1) is 0 Å². The van der Waals surface area contributed by atoms with Gasteiger partial charge >= 0.3 is 5.97 Å². The Labute approximate surface area is 114 Å². The lowest BCUT2D eigenvalue weighted by atomic mass is 10.3. The summed E-state index contributed by atoms with van der Waals surface area (Å²) in [4.78, 5) is 34.0. The summed E-state index contributed by atoms with van der Waals surface area (Å²) in [6.45, 7) is 2.81. The van der Waals surface area contributed by atoms with Crippen LogP contribution in [-0.4, -0.2) is 36.0 Å². The van der Waals surface area contributed by atoms with Crippen LogP contribution in [-0.2, 0) is 4.79 Å². The predicted octanol–water partition coefficient (Wildman–Crippen LogP) is 1.09. The number of carboxylic acid groups (broad SMARTS) is 1. The summed E-state index contributed by atoms with van der Waals surface area (Å²) in [5.74, 6) is -1.52. The Balaban J connectivity index is 2.34. The van der Waals surface area contributed by atoms with Gasteiger partial charge in [0.15, 0.2) is 0 Å². The van der Waals surface area contributed by atoms with Crippen LogP contribution < -0.4 is 10.6 Å². The molecule has 104 valence electrons. The van der Waals surface area contributed by atoms with Crippen LogP contribution in [0.5, 0.6) is 0 Å². The molecule has 7 heteroatoms. The van der Waals surface area contributed by atoms with E-state index in [0.29, 0.717) is 11.4 Å². The van der Waals surface area contributed by atoms with E-state index in [1.54, 1.807) is 0 Å². The molecule has 1 heterocycles. The van der Waals surface area contributed by atoms with Crippen LogP contribution in [0.25, 0.3) is 0 Å². The maximum atomic E-state index is 11.7. The molecule has 0 aliphatic rings. The zero-order chi connectivity index (χ0) is 14.3. The fourth-order valence-corrected chi connectivity index (χ4v) is 2.07. The molecule has 0 saturated carbocycles. The summed E-state index contributed by atoms with van der Waals surface area (Å²) in [5, 5.41) is 14.0. The number of hydrogen-bond donors (Lipinski definition) is 3. The standard InChI is InChI=1S/C12H16N2O4S/c1-2-6-13-10(15)5-7-14-11(16)8-3-4-9(19-8)12(17)18/h3-4H,2,5-7H2,1H3,(H,13,15)(H,14,16)(H,17,18). The molecule has 0 aromatic carbocycles. The first-order chi connectivity index (χ1) is 9.04. The van der Waals surface area contributed by atoms with Gasteiger partial charge in [-0.3, -0.25) is 9.59 Å². The van der Waals surface area contributed by atoms with Crippen molar-refractivity contribution in [3.63, 3.8) is 0 Å². The minimum atomic E-state index is -1.05. The molecule has 19 heavy (non-hydrogen) atoms. The Hall–Kier alpha value is -1.89. The van der Waals surface area contributed by atoms with Crippen LogP contribution in [0.4, 0.5) is 0 Å². The molecule has 0 aliphatic carbocycles. The topological polar surface area (TPSA) is 95.5 Å². The molecule has 2 amide bonds. The number of nitrogens with one attached hydrogen (secondary N) is 2. The monoisotopic (exact) mass is 284 g/mol. The SMILES string of the molecule is CCCNC(=O)CCNC(=O)c1ccc(C(=O)O)s1. The van der Waals surface area contributed by atoms with Crippen molar-refractivity contribution in [2.75, 3.05) is 13.1 Å². The molecule has 0 aliphatic heterocycles. The molecule has 0 bridgehead atoms. The van der Waals surface area contributed by atoms with E-state index in [1.807, 2.05) is 6.92 Å². The van der Waals surface area contributed by atoms with Crippen LogP contribution in [0.15, 0.2) is 12.1 Å². The molecule has 1 aromatic heterocycles. The molecule has 0 spiro atoms. The Morgan fingerprint density at radius 2 is 1.84 bits per heavy atom. The highest BCUT2D eigenvalue weighted by molar-refractivity contribution is 7.15. The third kappa shape index (κ3) is 5.09. The zero-order valence-electron chi connectivity index (χ0n) is 10.6. The average molecular weight is 284 g/mol. The van der Waals surface area contributed by atoms with Crippen molar-refractivity contribution < 1.29 is 19.5 Å². The molecule has 0 saturated heterocycles. The maximum Gasteiger partial charge on any atom is 0.345 e. The second-order valence-electron chi connectivity index (χ2n) is 3.82. The summed E-state index contributed by atoms with van der Waals surface area (Å²) < 4.78 is 0. The third-order valence-electron chi connectivity index (χ3n) is 2.25. The lowest BCUT2D eigenvalue weighted by Crippen LogP contribution is -2.30. The number of thiophene rings is 1. The molecule has 0 radical (unpaired) electrons. The van der Waals surface area contributed by atoms with Gasteiger partial charge in [-0.2, -0.15) is 0 Å². The quantitative estimate of drug-likeness (QED) is 0.698. The molecule has 3 N–H and O–H groups in total. The normalized spacial score (nSPS) is 9.95. The number of aromatic carboxylic acids is 1. The van der Waals surface area contributed by atoms with E-state index in [0.717, 1.165) is 17.8 Å². The van der Waals surface area contributed by atoms with Gasteiger partial charge in [0.05, 0.1) is 4.88 Å². The van der Waals surface area contributed by atoms with Crippen molar-refractivity contribution >= 4 is 29.1 Å². The van der Waals surface area contributed by atoms with E-state index >= 15 is 0 Å². The fraction of sp³-hybridized carbons (Fsp3) is 0.417. The van der Waals surface area contributed by atoms with Gasteiger partial charge in [-0.05, 0) is 18.6 Å². The lowest BCUT2D eigenvalue weighted by Gasteiger charge is -2.04. The average Bonchev–Trinajstić information content (AvgIpc) is 2.86. The third-order valence-corrected chi connectivity index (χ3v) is 3.32. The van der Waals surface area contributed by atoms with E-state index in [2.05, 4.69) is 10.6 Å². The van der Waals surface area contributed by atoms with Crippen molar-refractivity contribution in [2.24, 2.45) is 0 Å². The Bertz CT molecular complexity index is 470. The first-order valence-electron chi connectivity index (χ1n) is 5.92. The largest absolute Gasteiger partial charge is 0.477 e. The molecular weight excluding hydrogens is 268 g/mol. The van der Waals surface area contributed by atoms with E-state index in [-0.39, 0.29) is 29.7 Å². The van der Waals surface area contributed by atoms with Crippen molar-refractivity contribution in [1.29, 1.82) is 0 Å². The van der Waals surface area contributed by atoms with E-state index in [4.69, 9.17) is 5.11 Å². The van der Waals surface area contributed by atoms with Crippen LogP contribution in [0.2, 0.25) is 0 Å². The minimum absolute atomic E-state index is 0.112. The number of amides is 2. The van der Waals surface area contributed by atoms with Gasteiger partial charge in [0.2, 0.25) is 5.91 Å². The number of hydrogen-bond acceptors (Lipinski definition) is 4. The summed E-state index contributed by atoms with van der Waals surface area (Å²) in [5.41, 5.74) is 0. The van der Waals surface area contributed by atoms with Crippen molar-refractivity contribution in [2.45, 2.75) is 19.8 Å². The van der Waals surface area contributed by atoms with Crippen LogP contribution in [0.1, 0.15) is 39.1 Å². The number of carbonyl (C=O) groups excluding carboxylic acids is 2. The van der Waals surface area contributed by atoms with Crippen LogP contribution >= 0.6 is 11.3 Å². The summed E-state index contributed by atoms with van der Waals surface area (Å²) >= 11 is 0.910. The first-order valence-corrected chi connectivity index (χ1v) is 6.74. The second kappa shape index (κ2) is 7.52. The molecule has 1 rings (SSSR count). The highest BCUT2D eigenvalue weighted by Gasteiger charge is 2.12. The molecule has 6 nitrogen and oxygen atoms in total. The van der Waals surface area contributed by atoms with Crippen molar-refractivity contribution in [3.8, 4) is 0 Å². The zero-order valence-corrected chi connectivity index (χ0v) is 11.4. The van der Waals surface area contributed by atoms with E-state index in [9.17, 15) is 14.4 Å². The maximum absolute atomic E-state index is 11.7. The number of carbonyl (C=O) groups is 3. The number of carboxylic acids is 1. The lowest BCUT2D eigenvalue weighted by molar-refractivity contribution is -0.120. The van der Waals surface area contributed by atoms with Gasteiger partial charge < -0.3 is 15.7 Å². The first kappa shape index (κ1) is 15.2. The van der Waals surface area contributed by atoms with Crippen molar-refractivity contribution in [3.05, 3.63) is 21.9 Å². The van der Waals surface area contributed by atoms with Crippen LogP contribution in [0.3, 0.4) is 0 Å². The molecular formula is C12H16N2O4S. The van der Waals surface area contributed by atoms with Gasteiger partial charge in [0.25, 0.3) is 5.91 Å². The van der Waals surface area contributed by atoms with Crippen molar-refractivity contribution in [1.82, 2.24) is 10.6 Å². The van der Waals surface area contributed by atoms with E-state index in [1.165, 1.54) is 12.1 Å². The van der Waals surface area contributed by atoms with Gasteiger partial charge in [-0.15, -0.1) is 11.3 Å². The van der Waals surface area contributed by atoms with Gasteiger partial charge in [-0.25, -0.2) is 4.79 Å². The smallest absolute Gasteiger partial charge is 0.345 e. The minimum Gasteiger partial charge on any atom is -0.477 e. The Morgan fingerprint density at radius 1 is 1.16 bits per heavy atom. The molecule has 0 atom stereocenters. The molecule has 1 aromatic rings. The van der Waals surface area contributed by atoms with Gasteiger partial charge in [-0.1, -0.05) is 6.92 Å². The summed E-state index contributed by atoms with van der Waals surface area (Å²) in [7, 11) is 0.